The SMILES string of the molecule is C[N+]12CC[N+](CC(=O)Nc3ccc(CCC[NH2+]C(=N)N)cc3)(CC1)CC2. The van der Waals surface area contributed by atoms with Crippen LogP contribution in [0.15, 0.2) is 24.3 Å². The third-order valence-corrected chi connectivity index (χ3v) is 6.09. The summed E-state index contributed by atoms with van der Waals surface area (Å²) in [6.45, 7) is 8.39. The molecule has 1 aromatic rings. The largest absolute Gasteiger partial charge is 0.338 e. The molecule has 0 radical (unpaired) electrons. The molecule has 0 aromatic heterocycles. The molecule has 2 bridgehead atoms. The van der Waals surface area contributed by atoms with Gasteiger partial charge in [-0.2, -0.15) is 0 Å². The third kappa shape index (κ3) is 4.81. The average Bonchev–Trinajstić information content (AvgIpc) is 2.61. The Labute approximate surface area is 155 Å². The lowest BCUT2D eigenvalue weighted by molar-refractivity contribution is -1.07. The highest BCUT2D eigenvalue weighted by Crippen LogP contribution is 2.24. The van der Waals surface area contributed by atoms with Crippen LogP contribution in [0.5, 0.6) is 0 Å². The molecule has 3 saturated heterocycles. The van der Waals surface area contributed by atoms with Crippen molar-refractivity contribution in [1.82, 2.24) is 0 Å². The van der Waals surface area contributed by atoms with E-state index in [2.05, 4.69) is 24.5 Å². The van der Waals surface area contributed by atoms with Crippen molar-refractivity contribution in [3.63, 3.8) is 0 Å². The maximum atomic E-state index is 12.5. The monoisotopic (exact) mass is 361 g/mol. The van der Waals surface area contributed by atoms with Crippen molar-refractivity contribution >= 4 is 17.6 Å². The number of anilines is 1. The maximum Gasteiger partial charge on any atom is 0.288 e. The number of hydrogen-bond donors (Lipinski definition) is 4. The predicted octanol–water partition coefficient (Wildman–Crippen LogP) is -0.695. The van der Waals surface area contributed by atoms with E-state index in [9.17, 15) is 4.79 Å². The third-order valence-electron chi connectivity index (χ3n) is 6.09. The van der Waals surface area contributed by atoms with Gasteiger partial charge in [-0.1, -0.05) is 12.1 Å². The number of piperazine rings is 3. The highest BCUT2D eigenvalue weighted by atomic mass is 16.2. The van der Waals surface area contributed by atoms with Crippen molar-refractivity contribution in [3.8, 4) is 0 Å². The number of hydrogen-bond acceptors (Lipinski definition) is 2. The first-order chi connectivity index (χ1) is 12.4. The minimum Gasteiger partial charge on any atom is -0.338 e. The summed E-state index contributed by atoms with van der Waals surface area (Å²) >= 11 is 0. The molecule has 3 fully saturated rings. The van der Waals surface area contributed by atoms with Crippen LogP contribution in [0.1, 0.15) is 12.0 Å². The summed E-state index contributed by atoms with van der Waals surface area (Å²) in [7, 11) is 2.34. The van der Waals surface area contributed by atoms with E-state index in [1.165, 1.54) is 29.7 Å². The molecule has 6 N–H and O–H groups in total. The van der Waals surface area contributed by atoms with Crippen LogP contribution in [0.25, 0.3) is 0 Å². The Bertz CT molecular complexity index is 632. The van der Waals surface area contributed by atoms with Crippen LogP contribution in [0.4, 0.5) is 5.69 Å². The Morgan fingerprint density at radius 2 is 1.77 bits per heavy atom. The van der Waals surface area contributed by atoms with Gasteiger partial charge in [-0.25, -0.2) is 5.41 Å². The van der Waals surface area contributed by atoms with Crippen molar-refractivity contribution in [1.29, 1.82) is 5.41 Å². The summed E-state index contributed by atoms with van der Waals surface area (Å²) in [6.07, 6.45) is 1.93. The smallest absolute Gasteiger partial charge is 0.288 e. The molecule has 7 nitrogen and oxygen atoms in total. The van der Waals surface area contributed by atoms with Crippen LogP contribution in [0.2, 0.25) is 0 Å². The van der Waals surface area contributed by atoms with Crippen molar-refractivity contribution in [2.75, 3.05) is 64.7 Å². The van der Waals surface area contributed by atoms with Crippen molar-refractivity contribution < 1.29 is 19.1 Å². The summed E-state index contributed by atoms with van der Waals surface area (Å²) in [5, 5.41) is 12.0. The van der Waals surface area contributed by atoms with E-state index in [0.29, 0.717) is 6.54 Å². The number of fused-ring (bicyclic) bond motifs is 3. The number of nitrogens with two attached hydrogens (primary N) is 2. The minimum atomic E-state index is 0.131. The zero-order valence-corrected chi connectivity index (χ0v) is 15.8. The summed E-state index contributed by atoms with van der Waals surface area (Å²) in [6, 6.07) is 8.12. The molecule has 0 aliphatic carbocycles. The van der Waals surface area contributed by atoms with E-state index in [0.717, 1.165) is 49.2 Å². The molecule has 1 amide bonds. The number of amides is 1. The highest BCUT2D eigenvalue weighted by molar-refractivity contribution is 5.91. The number of carbonyl (C=O) groups is 1. The molecule has 3 aliphatic heterocycles. The predicted molar refractivity (Wildman–Crippen MR) is 103 cm³/mol. The second kappa shape index (κ2) is 7.73. The molecule has 0 spiro atoms. The van der Waals surface area contributed by atoms with Crippen molar-refractivity contribution in [3.05, 3.63) is 29.8 Å². The van der Waals surface area contributed by atoms with Gasteiger partial charge in [0, 0.05) is 12.1 Å². The molecule has 4 rings (SSSR count). The van der Waals surface area contributed by atoms with Gasteiger partial charge in [-0.3, -0.25) is 10.1 Å². The van der Waals surface area contributed by atoms with E-state index in [-0.39, 0.29) is 11.9 Å². The number of guanidine groups is 1. The average molecular weight is 362 g/mol. The number of quaternary nitrogens is 3. The van der Waals surface area contributed by atoms with Crippen molar-refractivity contribution in [2.24, 2.45) is 5.73 Å². The van der Waals surface area contributed by atoms with Gasteiger partial charge in [0.25, 0.3) is 11.9 Å². The number of aryl methyl sites for hydroxylation is 1. The van der Waals surface area contributed by atoms with Gasteiger partial charge < -0.3 is 20.0 Å². The number of carbonyl (C=O) groups excluding carboxylic acids is 1. The Morgan fingerprint density at radius 1 is 1.15 bits per heavy atom. The van der Waals surface area contributed by atoms with E-state index in [1.807, 2.05) is 12.1 Å². The lowest BCUT2D eigenvalue weighted by Crippen LogP contribution is -2.90. The number of nitrogens with one attached hydrogen (secondary N) is 2. The zero-order valence-electron chi connectivity index (χ0n) is 15.8. The van der Waals surface area contributed by atoms with E-state index >= 15 is 0 Å². The maximum absolute atomic E-state index is 12.5. The van der Waals surface area contributed by atoms with Gasteiger partial charge in [0.15, 0.2) is 6.54 Å². The molecule has 7 heteroatoms. The number of benzene rings is 1. The van der Waals surface area contributed by atoms with Gasteiger partial charge in [-0.05, 0) is 24.1 Å². The fourth-order valence-electron chi connectivity index (χ4n) is 4.09. The van der Waals surface area contributed by atoms with E-state index < -0.39 is 0 Å². The number of likely N-dealkylation sites (N-methyl/N-ethyl adjacent to an activating group) is 1. The fraction of sp³-hybridized carbons (Fsp3) is 0.579. The summed E-state index contributed by atoms with van der Waals surface area (Å²) in [5.41, 5.74) is 7.44. The lowest BCUT2D eigenvalue weighted by Gasteiger charge is -2.53. The van der Waals surface area contributed by atoms with Gasteiger partial charge >= 0.3 is 0 Å². The molecule has 3 aliphatic rings. The molecule has 0 unspecified atom stereocenters. The second-order valence-electron chi connectivity index (χ2n) is 8.26. The minimum absolute atomic E-state index is 0.131. The van der Waals surface area contributed by atoms with E-state index in [1.54, 1.807) is 5.32 Å². The molecule has 0 saturated carbocycles. The first kappa shape index (κ1) is 18.8. The standard InChI is InChI=1S/C19H31N6O/c1-24-9-12-25(13-10-24,14-11-24)15-18(26)23-17-6-4-16(5-7-17)3-2-8-22-19(20)21/h4-7H,2-3,8-15H2,1H3,(H4-,20,21,22,23,26)/q+1/p+2. The molecule has 0 atom stereocenters. The van der Waals surface area contributed by atoms with Crippen LogP contribution < -0.4 is 16.4 Å². The number of rotatable bonds is 7. The van der Waals surface area contributed by atoms with Gasteiger partial charge in [0.2, 0.25) is 0 Å². The Balaban J connectivity index is 1.45. The normalized spacial score (nSPS) is 27.3. The zero-order chi connectivity index (χ0) is 18.6. The highest BCUT2D eigenvalue weighted by Gasteiger charge is 2.47. The molecule has 1 aromatic carbocycles. The molecular weight excluding hydrogens is 328 g/mol. The van der Waals surface area contributed by atoms with E-state index in [4.69, 9.17) is 11.1 Å². The topological polar surface area (TPSA) is 95.6 Å². The van der Waals surface area contributed by atoms with Crippen LogP contribution in [-0.2, 0) is 11.2 Å². The summed E-state index contributed by atoms with van der Waals surface area (Å²) < 4.78 is 2.15. The van der Waals surface area contributed by atoms with Crippen LogP contribution >= 0.6 is 0 Å². The molecule has 3 heterocycles. The molecular formula is C19H33N6O+3. The van der Waals surface area contributed by atoms with Gasteiger partial charge in [0.05, 0.1) is 13.6 Å². The first-order valence-electron chi connectivity index (χ1n) is 9.63. The fourth-order valence-corrected chi connectivity index (χ4v) is 4.09. The Morgan fingerprint density at radius 3 is 2.35 bits per heavy atom. The summed E-state index contributed by atoms with van der Waals surface area (Å²) in [5.74, 6) is 0.271. The van der Waals surface area contributed by atoms with Crippen LogP contribution in [-0.4, -0.2) is 80.2 Å². The van der Waals surface area contributed by atoms with Crippen LogP contribution in [0.3, 0.4) is 0 Å². The number of nitrogens with zero attached hydrogens (tertiary/aromatic N) is 2. The Hall–Kier alpha value is -1.96. The Kier molecular flexibility index (Phi) is 5.60. The summed E-state index contributed by atoms with van der Waals surface area (Å²) in [4.78, 5) is 12.5. The molecule has 142 valence electrons. The van der Waals surface area contributed by atoms with Gasteiger partial charge in [-0.15, -0.1) is 0 Å². The first-order valence-corrected chi connectivity index (χ1v) is 9.63. The van der Waals surface area contributed by atoms with Crippen molar-refractivity contribution in [2.45, 2.75) is 12.8 Å². The second-order valence-corrected chi connectivity index (χ2v) is 8.26. The lowest BCUT2D eigenvalue weighted by atomic mass is 10.1. The van der Waals surface area contributed by atoms with Crippen LogP contribution in [0, 0.1) is 5.41 Å². The van der Waals surface area contributed by atoms with Gasteiger partial charge in [0.1, 0.15) is 39.3 Å². The quantitative estimate of drug-likeness (QED) is 0.224. The molecule has 26 heavy (non-hydrogen) atoms.